The SMILES string of the molecule is CC1CCCCC1NN1C(C)CCCC1C. The second-order valence-electron chi connectivity index (χ2n) is 6.03. The van der Waals surface area contributed by atoms with Crippen LogP contribution in [0.1, 0.15) is 65.7 Å². The number of hydrogen-bond donors (Lipinski definition) is 1. The third-order valence-electron chi connectivity index (χ3n) is 4.62. The van der Waals surface area contributed by atoms with Crippen molar-refractivity contribution in [2.45, 2.75) is 83.8 Å². The predicted octanol–water partition coefficient (Wildman–Crippen LogP) is 3.33. The quantitative estimate of drug-likeness (QED) is 0.774. The Morgan fingerprint density at radius 3 is 2.06 bits per heavy atom. The van der Waals surface area contributed by atoms with Crippen LogP contribution >= 0.6 is 0 Å². The van der Waals surface area contributed by atoms with Gasteiger partial charge in [0.2, 0.25) is 0 Å². The maximum absolute atomic E-state index is 3.84. The maximum atomic E-state index is 3.84. The normalized spacial score (nSPS) is 42.2. The lowest BCUT2D eigenvalue weighted by molar-refractivity contribution is 0.0124. The van der Waals surface area contributed by atoms with Gasteiger partial charge in [-0.2, -0.15) is 0 Å². The van der Waals surface area contributed by atoms with Crippen LogP contribution in [-0.2, 0) is 0 Å². The predicted molar refractivity (Wildman–Crippen MR) is 69.2 cm³/mol. The molecule has 0 radical (unpaired) electrons. The minimum Gasteiger partial charge on any atom is -0.251 e. The van der Waals surface area contributed by atoms with Crippen molar-refractivity contribution in [3.63, 3.8) is 0 Å². The van der Waals surface area contributed by atoms with E-state index >= 15 is 0 Å². The summed E-state index contributed by atoms with van der Waals surface area (Å²) in [6.07, 6.45) is 9.76. The van der Waals surface area contributed by atoms with Crippen molar-refractivity contribution in [1.82, 2.24) is 10.4 Å². The number of nitrogens with one attached hydrogen (secondary N) is 1. The molecule has 2 fully saturated rings. The molecule has 1 aliphatic carbocycles. The summed E-state index contributed by atoms with van der Waals surface area (Å²) in [5.74, 6) is 0.857. The van der Waals surface area contributed by atoms with E-state index in [1.165, 1.54) is 44.9 Å². The van der Waals surface area contributed by atoms with E-state index in [0.717, 1.165) is 24.0 Å². The standard InChI is InChI=1S/C14H28N2/c1-11-7-4-5-10-14(11)15-16-12(2)8-6-9-13(16)3/h11-15H,4-10H2,1-3H3. The summed E-state index contributed by atoms with van der Waals surface area (Å²) in [6.45, 7) is 7.16. The van der Waals surface area contributed by atoms with E-state index in [1.807, 2.05) is 0 Å². The summed E-state index contributed by atoms with van der Waals surface area (Å²) < 4.78 is 0. The Morgan fingerprint density at radius 1 is 0.812 bits per heavy atom. The fourth-order valence-corrected chi connectivity index (χ4v) is 3.38. The molecule has 4 unspecified atom stereocenters. The minimum atomic E-state index is 0.720. The molecule has 0 aromatic rings. The Labute approximate surface area is 101 Å². The third-order valence-corrected chi connectivity index (χ3v) is 4.62. The Hall–Kier alpha value is -0.0800. The van der Waals surface area contributed by atoms with Crippen LogP contribution in [0.25, 0.3) is 0 Å². The zero-order valence-electron chi connectivity index (χ0n) is 11.2. The van der Waals surface area contributed by atoms with Crippen LogP contribution in [0.15, 0.2) is 0 Å². The first-order valence-electron chi connectivity index (χ1n) is 7.23. The fraction of sp³-hybridized carbons (Fsp3) is 1.00. The van der Waals surface area contributed by atoms with Crippen molar-refractivity contribution in [2.75, 3.05) is 0 Å². The number of hydrogen-bond acceptors (Lipinski definition) is 2. The lowest BCUT2D eigenvalue weighted by Gasteiger charge is -2.43. The van der Waals surface area contributed by atoms with Gasteiger partial charge in [0.25, 0.3) is 0 Å². The van der Waals surface area contributed by atoms with E-state index in [9.17, 15) is 0 Å². The van der Waals surface area contributed by atoms with Gasteiger partial charge in [0.1, 0.15) is 0 Å². The molecular weight excluding hydrogens is 196 g/mol. The van der Waals surface area contributed by atoms with E-state index in [4.69, 9.17) is 0 Å². The summed E-state index contributed by atoms with van der Waals surface area (Å²) >= 11 is 0. The highest BCUT2D eigenvalue weighted by Gasteiger charge is 2.29. The van der Waals surface area contributed by atoms with Crippen LogP contribution in [0.5, 0.6) is 0 Å². The van der Waals surface area contributed by atoms with E-state index in [2.05, 4.69) is 31.2 Å². The molecule has 2 nitrogen and oxygen atoms in total. The van der Waals surface area contributed by atoms with Crippen LogP contribution in [-0.4, -0.2) is 23.1 Å². The minimum absolute atomic E-state index is 0.720. The van der Waals surface area contributed by atoms with Gasteiger partial charge in [0.05, 0.1) is 0 Å². The molecule has 94 valence electrons. The van der Waals surface area contributed by atoms with Crippen molar-refractivity contribution >= 4 is 0 Å². The smallest absolute Gasteiger partial charge is 0.0241 e. The summed E-state index contributed by atoms with van der Waals surface area (Å²) in [4.78, 5) is 0. The van der Waals surface area contributed by atoms with Crippen molar-refractivity contribution < 1.29 is 0 Å². The molecule has 16 heavy (non-hydrogen) atoms. The third kappa shape index (κ3) is 2.78. The van der Waals surface area contributed by atoms with Gasteiger partial charge in [0.15, 0.2) is 0 Å². The summed E-state index contributed by atoms with van der Waals surface area (Å²) in [5, 5.41) is 2.55. The topological polar surface area (TPSA) is 15.3 Å². The summed E-state index contributed by atoms with van der Waals surface area (Å²) in [6, 6.07) is 2.17. The Kier molecular flexibility index (Phi) is 4.26. The maximum Gasteiger partial charge on any atom is 0.0241 e. The molecule has 0 amide bonds. The van der Waals surface area contributed by atoms with Crippen molar-refractivity contribution in [2.24, 2.45) is 5.92 Å². The Morgan fingerprint density at radius 2 is 1.44 bits per heavy atom. The number of rotatable bonds is 2. The van der Waals surface area contributed by atoms with Crippen molar-refractivity contribution in [3.8, 4) is 0 Å². The van der Waals surface area contributed by atoms with Gasteiger partial charge in [-0.05, 0) is 45.4 Å². The van der Waals surface area contributed by atoms with E-state index in [-0.39, 0.29) is 0 Å². The molecule has 1 N–H and O–H groups in total. The zero-order chi connectivity index (χ0) is 11.5. The van der Waals surface area contributed by atoms with E-state index < -0.39 is 0 Å². The van der Waals surface area contributed by atoms with Crippen LogP contribution in [0.3, 0.4) is 0 Å². The average molecular weight is 224 g/mol. The first-order chi connectivity index (χ1) is 7.68. The average Bonchev–Trinajstić information content (AvgIpc) is 2.26. The molecule has 0 bridgehead atoms. The van der Waals surface area contributed by atoms with Gasteiger partial charge in [-0.1, -0.05) is 26.2 Å². The highest BCUT2D eigenvalue weighted by Crippen LogP contribution is 2.27. The molecule has 1 saturated heterocycles. The summed E-state index contributed by atoms with van der Waals surface area (Å²) in [5.41, 5.74) is 3.84. The molecule has 0 aromatic heterocycles. The fourth-order valence-electron chi connectivity index (χ4n) is 3.38. The van der Waals surface area contributed by atoms with E-state index in [1.54, 1.807) is 0 Å². The van der Waals surface area contributed by atoms with Crippen molar-refractivity contribution in [1.29, 1.82) is 0 Å². The van der Waals surface area contributed by atoms with Gasteiger partial charge >= 0.3 is 0 Å². The monoisotopic (exact) mass is 224 g/mol. The molecule has 2 heteroatoms. The van der Waals surface area contributed by atoms with Gasteiger partial charge < -0.3 is 0 Å². The Bertz CT molecular complexity index is 207. The molecule has 0 spiro atoms. The van der Waals surface area contributed by atoms with E-state index in [0.29, 0.717) is 0 Å². The second-order valence-corrected chi connectivity index (χ2v) is 6.03. The molecule has 1 aliphatic heterocycles. The van der Waals surface area contributed by atoms with Crippen LogP contribution < -0.4 is 5.43 Å². The summed E-state index contributed by atoms with van der Waals surface area (Å²) in [7, 11) is 0. The van der Waals surface area contributed by atoms with Gasteiger partial charge in [-0.15, -0.1) is 0 Å². The lowest BCUT2D eigenvalue weighted by atomic mass is 9.86. The first-order valence-corrected chi connectivity index (χ1v) is 7.23. The number of piperidine rings is 1. The zero-order valence-corrected chi connectivity index (χ0v) is 11.2. The first kappa shape index (κ1) is 12.4. The highest BCUT2D eigenvalue weighted by molar-refractivity contribution is 4.82. The molecular formula is C14H28N2. The molecule has 1 saturated carbocycles. The van der Waals surface area contributed by atoms with Gasteiger partial charge in [-0.25, -0.2) is 5.01 Å². The van der Waals surface area contributed by atoms with Crippen LogP contribution in [0.4, 0.5) is 0 Å². The molecule has 4 atom stereocenters. The molecule has 2 aliphatic rings. The lowest BCUT2D eigenvalue weighted by Crippen LogP contribution is -2.57. The molecule has 2 rings (SSSR count). The van der Waals surface area contributed by atoms with Crippen LogP contribution in [0, 0.1) is 5.92 Å². The van der Waals surface area contributed by atoms with Gasteiger partial charge in [-0.3, -0.25) is 5.43 Å². The largest absolute Gasteiger partial charge is 0.251 e. The van der Waals surface area contributed by atoms with Gasteiger partial charge in [0, 0.05) is 18.1 Å². The second kappa shape index (κ2) is 5.50. The van der Waals surface area contributed by atoms with Crippen molar-refractivity contribution in [3.05, 3.63) is 0 Å². The number of nitrogens with zero attached hydrogens (tertiary/aromatic N) is 1. The Balaban J connectivity index is 1.90. The van der Waals surface area contributed by atoms with Crippen LogP contribution in [0.2, 0.25) is 0 Å². The number of hydrazine groups is 1. The molecule has 0 aromatic carbocycles. The highest BCUT2D eigenvalue weighted by atomic mass is 15.5. The molecule has 1 heterocycles.